The van der Waals surface area contributed by atoms with Gasteiger partial charge in [-0.2, -0.15) is 5.10 Å². The van der Waals surface area contributed by atoms with Gasteiger partial charge in [0, 0.05) is 44.1 Å². The first-order valence-corrected chi connectivity index (χ1v) is 7.91. The summed E-state index contributed by atoms with van der Waals surface area (Å²) in [6.45, 7) is 3.38. The average Bonchev–Trinajstić information content (AvgIpc) is 2.70. The van der Waals surface area contributed by atoms with Gasteiger partial charge >= 0.3 is 0 Å². The molecule has 3 aromatic rings. The van der Waals surface area contributed by atoms with Crippen LogP contribution in [0.5, 0.6) is 0 Å². The second-order valence-electron chi connectivity index (χ2n) is 5.55. The number of piperazine rings is 1. The van der Waals surface area contributed by atoms with E-state index in [0.717, 1.165) is 43.3 Å². The van der Waals surface area contributed by atoms with Crippen LogP contribution in [-0.4, -0.2) is 51.3 Å². The van der Waals surface area contributed by atoms with E-state index >= 15 is 0 Å². The van der Waals surface area contributed by atoms with Gasteiger partial charge in [-0.15, -0.1) is 5.10 Å². The highest BCUT2D eigenvalue weighted by Gasteiger charge is 2.20. The fourth-order valence-corrected chi connectivity index (χ4v) is 2.77. The Hall–Kier alpha value is -3.09. The number of hydrogen-bond acceptors (Lipinski definition) is 7. The molecule has 2 aromatic heterocycles. The second-order valence-corrected chi connectivity index (χ2v) is 5.55. The van der Waals surface area contributed by atoms with E-state index in [1.54, 1.807) is 24.8 Å². The van der Waals surface area contributed by atoms with Crippen molar-refractivity contribution in [3.05, 3.63) is 55.1 Å². The minimum Gasteiger partial charge on any atom is -0.352 e. The Bertz CT molecular complexity index is 786. The molecule has 1 fully saturated rings. The standard InChI is InChI=1S/C17H17N7/c1-2-4-14(5-3-1)15-12-20-22-17(21-15)24-10-8-23(9-11-24)16-13-18-6-7-19-16/h1-7,12-13H,8-11H2. The molecule has 7 nitrogen and oxygen atoms in total. The van der Waals surface area contributed by atoms with Crippen LogP contribution in [0.3, 0.4) is 0 Å². The predicted molar refractivity (Wildman–Crippen MR) is 91.7 cm³/mol. The number of benzene rings is 1. The zero-order valence-electron chi connectivity index (χ0n) is 13.2. The quantitative estimate of drug-likeness (QED) is 0.727. The first-order valence-electron chi connectivity index (χ1n) is 7.91. The van der Waals surface area contributed by atoms with Crippen molar-refractivity contribution in [2.75, 3.05) is 36.0 Å². The molecular weight excluding hydrogens is 302 g/mol. The SMILES string of the molecule is c1ccc(-c2cnnc(N3CCN(c4cnccn4)CC3)n2)cc1. The van der Waals surface area contributed by atoms with Gasteiger partial charge in [-0.05, 0) is 0 Å². The monoisotopic (exact) mass is 319 g/mol. The zero-order valence-corrected chi connectivity index (χ0v) is 13.2. The predicted octanol–water partition coefficient (Wildman–Crippen LogP) is 1.66. The molecule has 1 aliphatic rings. The van der Waals surface area contributed by atoms with Gasteiger partial charge in [-0.25, -0.2) is 9.97 Å². The summed E-state index contributed by atoms with van der Waals surface area (Å²) in [6, 6.07) is 10.0. The normalized spacial score (nSPS) is 14.7. The average molecular weight is 319 g/mol. The summed E-state index contributed by atoms with van der Waals surface area (Å²) in [7, 11) is 0. The zero-order chi connectivity index (χ0) is 16.2. The fraction of sp³-hybridized carbons (Fsp3) is 0.235. The molecule has 0 unspecified atom stereocenters. The summed E-state index contributed by atoms with van der Waals surface area (Å²) in [6.07, 6.45) is 6.91. The molecule has 0 aliphatic carbocycles. The van der Waals surface area contributed by atoms with E-state index in [1.807, 2.05) is 30.3 Å². The van der Waals surface area contributed by atoms with E-state index in [-0.39, 0.29) is 0 Å². The molecule has 0 spiro atoms. The maximum Gasteiger partial charge on any atom is 0.246 e. The summed E-state index contributed by atoms with van der Waals surface area (Å²) >= 11 is 0. The Kier molecular flexibility index (Phi) is 3.97. The molecule has 3 heterocycles. The Morgan fingerprint density at radius 3 is 2.38 bits per heavy atom. The molecule has 4 rings (SSSR count). The third-order valence-corrected chi connectivity index (χ3v) is 4.05. The van der Waals surface area contributed by atoms with Gasteiger partial charge in [0.2, 0.25) is 5.95 Å². The topological polar surface area (TPSA) is 70.9 Å². The van der Waals surface area contributed by atoms with Crippen molar-refractivity contribution in [3.8, 4) is 11.3 Å². The van der Waals surface area contributed by atoms with E-state index in [1.165, 1.54) is 0 Å². The van der Waals surface area contributed by atoms with Crippen LogP contribution in [0.25, 0.3) is 11.3 Å². The molecule has 120 valence electrons. The van der Waals surface area contributed by atoms with Gasteiger partial charge < -0.3 is 9.80 Å². The Labute approximate surface area is 140 Å². The van der Waals surface area contributed by atoms with E-state index in [0.29, 0.717) is 5.95 Å². The molecule has 1 aromatic carbocycles. The van der Waals surface area contributed by atoms with Gasteiger partial charge in [0.1, 0.15) is 5.82 Å². The Morgan fingerprint density at radius 2 is 1.62 bits per heavy atom. The maximum atomic E-state index is 4.67. The lowest BCUT2D eigenvalue weighted by atomic mass is 10.2. The van der Waals surface area contributed by atoms with Crippen molar-refractivity contribution in [3.63, 3.8) is 0 Å². The van der Waals surface area contributed by atoms with E-state index in [4.69, 9.17) is 0 Å². The lowest BCUT2D eigenvalue weighted by Gasteiger charge is -2.34. The molecule has 1 saturated heterocycles. The van der Waals surface area contributed by atoms with Gasteiger partial charge in [0.25, 0.3) is 0 Å². The van der Waals surface area contributed by atoms with Crippen molar-refractivity contribution < 1.29 is 0 Å². The molecule has 0 radical (unpaired) electrons. The van der Waals surface area contributed by atoms with Crippen LogP contribution >= 0.6 is 0 Å². The highest BCUT2D eigenvalue weighted by Crippen LogP contribution is 2.19. The van der Waals surface area contributed by atoms with Gasteiger partial charge in [0.15, 0.2) is 0 Å². The van der Waals surface area contributed by atoms with Crippen molar-refractivity contribution in [2.24, 2.45) is 0 Å². The molecule has 1 aliphatic heterocycles. The minimum absolute atomic E-state index is 0.676. The van der Waals surface area contributed by atoms with E-state index in [2.05, 4.69) is 34.9 Å². The lowest BCUT2D eigenvalue weighted by molar-refractivity contribution is 0.629. The minimum atomic E-state index is 0.676. The first kappa shape index (κ1) is 14.5. The Balaban J connectivity index is 1.48. The number of nitrogens with zero attached hydrogens (tertiary/aromatic N) is 7. The van der Waals surface area contributed by atoms with Crippen LogP contribution in [0.15, 0.2) is 55.1 Å². The summed E-state index contributed by atoms with van der Waals surface area (Å²) < 4.78 is 0. The molecule has 0 amide bonds. The Morgan fingerprint density at radius 1 is 0.833 bits per heavy atom. The van der Waals surface area contributed by atoms with Gasteiger partial charge in [0.05, 0.1) is 18.1 Å². The molecule has 0 N–H and O–H groups in total. The van der Waals surface area contributed by atoms with E-state index < -0.39 is 0 Å². The van der Waals surface area contributed by atoms with Crippen molar-refractivity contribution >= 4 is 11.8 Å². The highest BCUT2D eigenvalue weighted by atomic mass is 15.4. The number of rotatable bonds is 3. The third kappa shape index (κ3) is 3.01. The highest BCUT2D eigenvalue weighted by molar-refractivity contribution is 5.59. The molecule has 7 heteroatoms. The van der Waals surface area contributed by atoms with Crippen LogP contribution < -0.4 is 9.80 Å². The summed E-state index contributed by atoms with van der Waals surface area (Å²) in [4.78, 5) is 17.5. The van der Waals surface area contributed by atoms with Crippen LogP contribution in [0.1, 0.15) is 0 Å². The molecule has 24 heavy (non-hydrogen) atoms. The number of hydrogen-bond donors (Lipinski definition) is 0. The lowest BCUT2D eigenvalue weighted by Crippen LogP contribution is -2.47. The second kappa shape index (κ2) is 6.57. The van der Waals surface area contributed by atoms with E-state index in [9.17, 15) is 0 Å². The number of aromatic nitrogens is 5. The summed E-state index contributed by atoms with van der Waals surface area (Å²) in [5, 5.41) is 8.33. The van der Waals surface area contributed by atoms with Crippen LogP contribution in [0.2, 0.25) is 0 Å². The first-order chi connectivity index (χ1) is 11.9. The van der Waals surface area contributed by atoms with Crippen molar-refractivity contribution in [1.82, 2.24) is 25.1 Å². The molecule has 0 bridgehead atoms. The van der Waals surface area contributed by atoms with Crippen LogP contribution in [0.4, 0.5) is 11.8 Å². The summed E-state index contributed by atoms with van der Waals surface area (Å²) in [5.41, 5.74) is 1.89. The third-order valence-electron chi connectivity index (χ3n) is 4.05. The largest absolute Gasteiger partial charge is 0.352 e. The van der Waals surface area contributed by atoms with Crippen molar-refractivity contribution in [2.45, 2.75) is 0 Å². The molecule has 0 saturated carbocycles. The van der Waals surface area contributed by atoms with Gasteiger partial charge in [-0.1, -0.05) is 30.3 Å². The smallest absolute Gasteiger partial charge is 0.246 e. The molecule has 0 atom stereocenters. The van der Waals surface area contributed by atoms with Crippen LogP contribution in [0, 0.1) is 0 Å². The maximum absolute atomic E-state index is 4.67. The van der Waals surface area contributed by atoms with Crippen LogP contribution in [-0.2, 0) is 0 Å². The number of anilines is 2. The molecular formula is C17H17N7. The summed E-state index contributed by atoms with van der Waals surface area (Å²) in [5.74, 6) is 1.59. The van der Waals surface area contributed by atoms with Crippen molar-refractivity contribution in [1.29, 1.82) is 0 Å². The fourth-order valence-electron chi connectivity index (χ4n) is 2.77. The van der Waals surface area contributed by atoms with Gasteiger partial charge in [-0.3, -0.25) is 4.98 Å².